The Balaban J connectivity index is 1.96. The highest BCUT2D eigenvalue weighted by Crippen LogP contribution is 2.33. The molecule has 0 spiro atoms. The largest absolute Gasteiger partial charge is 0.506 e. The lowest BCUT2D eigenvalue weighted by molar-refractivity contribution is -0.137. The second kappa shape index (κ2) is 9.70. The maximum Gasteiger partial charge on any atom is 0.416 e. The van der Waals surface area contributed by atoms with E-state index in [0.29, 0.717) is 11.1 Å². The first-order valence-corrected chi connectivity index (χ1v) is 13.7. The number of anilines is 3. The second-order valence-electron chi connectivity index (χ2n) is 7.77. The highest BCUT2D eigenvalue weighted by atomic mass is 32.2. The lowest BCUT2D eigenvalue weighted by Crippen LogP contribution is -2.18. The van der Waals surface area contributed by atoms with Crippen LogP contribution >= 0.6 is 0 Å². The molecule has 0 saturated heterocycles. The molecule has 0 fully saturated rings. The van der Waals surface area contributed by atoms with Crippen LogP contribution in [0, 0.1) is 0 Å². The van der Waals surface area contributed by atoms with Gasteiger partial charge in [0.05, 0.1) is 35.0 Å². The quantitative estimate of drug-likeness (QED) is 0.261. The van der Waals surface area contributed by atoms with Crippen LogP contribution in [0.4, 0.5) is 30.2 Å². The molecular weight excluding hydrogens is 523 g/mol. The number of aromatic hydroxyl groups is 1. The van der Waals surface area contributed by atoms with Crippen molar-refractivity contribution in [2.45, 2.75) is 6.18 Å². The molecule has 0 unspecified atom stereocenters. The van der Waals surface area contributed by atoms with E-state index in [-0.39, 0.29) is 22.6 Å². The van der Waals surface area contributed by atoms with Gasteiger partial charge in [0.15, 0.2) is 0 Å². The first kappa shape index (κ1) is 26.8. The summed E-state index contributed by atoms with van der Waals surface area (Å²) in [5.41, 5.74) is -0.529. The summed E-state index contributed by atoms with van der Waals surface area (Å²) in [5.74, 6) is -1.17. The van der Waals surface area contributed by atoms with Crippen LogP contribution in [0.2, 0.25) is 0 Å². The second-order valence-corrected chi connectivity index (χ2v) is 11.3. The van der Waals surface area contributed by atoms with Crippen molar-refractivity contribution < 1.29 is 39.9 Å². The Hall–Kier alpha value is -3.78. The van der Waals surface area contributed by atoms with Crippen LogP contribution < -0.4 is 14.8 Å². The van der Waals surface area contributed by atoms with E-state index < -0.39 is 43.4 Å². The number of hydrogen-bond acceptors (Lipinski definition) is 6. The fraction of sp³-hybridized carbons (Fsp3) is 0.136. The van der Waals surface area contributed by atoms with Crippen LogP contribution in [0.1, 0.15) is 15.9 Å². The number of rotatable bonds is 7. The number of phenols is 1. The van der Waals surface area contributed by atoms with Gasteiger partial charge in [0.25, 0.3) is 5.91 Å². The minimum Gasteiger partial charge on any atom is -0.506 e. The van der Waals surface area contributed by atoms with Crippen LogP contribution in [0.15, 0.2) is 60.7 Å². The number of amides is 1. The molecule has 3 aromatic carbocycles. The van der Waals surface area contributed by atoms with Crippen LogP contribution in [-0.4, -0.2) is 40.4 Å². The van der Waals surface area contributed by atoms with Gasteiger partial charge < -0.3 is 10.4 Å². The Morgan fingerprint density at radius 3 is 1.89 bits per heavy atom. The maximum atomic E-state index is 12.9. The molecule has 0 bridgehead atoms. The first-order valence-electron chi connectivity index (χ1n) is 9.93. The zero-order chi connectivity index (χ0) is 26.9. The minimum atomic E-state index is -4.52. The average molecular weight is 544 g/mol. The SMILES string of the molecule is CS(=O)(=O)Nc1cc(NC(=O)c2ccc(-c3ccc(C(F)(F)F)cc3)cc2NS(C)(=O)=O)ccc1O. The number of sulfonamides is 2. The van der Waals surface area contributed by atoms with Gasteiger partial charge in [-0.3, -0.25) is 14.2 Å². The predicted molar refractivity (Wildman–Crippen MR) is 130 cm³/mol. The van der Waals surface area contributed by atoms with E-state index >= 15 is 0 Å². The van der Waals surface area contributed by atoms with Gasteiger partial charge in [-0.1, -0.05) is 18.2 Å². The van der Waals surface area contributed by atoms with Crippen molar-refractivity contribution >= 4 is 43.0 Å². The molecular formula is C22H20F3N3O6S2. The Morgan fingerprint density at radius 1 is 0.778 bits per heavy atom. The van der Waals surface area contributed by atoms with Crippen molar-refractivity contribution in [2.75, 3.05) is 27.3 Å². The molecule has 192 valence electrons. The van der Waals surface area contributed by atoms with Crippen molar-refractivity contribution in [1.82, 2.24) is 0 Å². The summed E-state index contributed by atoms with van der Waals surface area (Å²) in [6.07, 6.45) is -2.78. The monoisotopic (exact) mass is 543 g/mol. The molecule has 0 aliphatic carbocycles. The molecule has 0 atom stereocenters. The normalized spacial score (nSPS) is 12.1. The van der Waals surface area contributed by atoms with Crippen molar-refractivity contribution in [3.8, 4) is 16.9 Å². The smallest absolute Gasteiger partial charge is 0.416 e. The van der Waals surface area contributed by atoms with E-state index in [2.05, 4.69) is 14.8 Å². The number of alkyl halides is 3. The van der Waals surface area contributed by atoms with Crippen LogP contribution in [0.5, 0.6) is 5.75 Å². The molecule has 3 aromatic rings. The van der Waals surface area contributed by atoms with Gasteiger partial charge in [0.1, 0.15) is 5.75 Å². The fourth-order valence-electron chi connectivity index (χ4n) is 3.15. The number of carbonyl (C=O) groups excluding carboxylic acids is 1. The Morgan fingerprint density at radius 2 is 1.33 bits per heavy atom. The number of halogens is 3. The molecule has 0 aliphatic rings. The predicted octanol–water partition coefficient (Wildman–Crippen LogP) is 4.07. The van der Waals surface area contributed by atoms with Crippen LogP contribution in [0.3, 0.4) is 0 Å². The molecule has 1 amide bonds. The number of phenolic OH excluding ortho intramolecular Hbond substituents is 1. The van der Waals surface area contributed by atoms with Crippen LogP contribution in [-0.2, 0) is 26.2 Å². The summed E-state index contributed by atoms with van der Waals surface area (Å²) >= 11 is 0. The zero-order valence-corrected chi connectivity index (χ0v) is 20.3. The van der Waals surface area contributed by atoms with Gasteiger partial charge in [0, 0.05) is 5.69 Å². The maximum absolute atomic E-state index is 12.9. The molecule has 3 rings (SSSR count). The third kappa shape index (κ3) is 7.11. The van der Waals surface area contributed by atoms with E-state index in [0.717, 1.165) is 36.8 Å². The van der Waals surface area contributed by atoms with Gasteiger partial charge in [-0.25, -0.2) is 16.8 Å². The summed E-state index contributed by atoms with van der Waals surface area (Å²) in [5, 5.41) is 12.3. The van der Waals surface area contributed by atoms with Gasteiger partial charge in [0.2, 0.25) is 20.0 Å². The Kier molecular flexibility index (Phi) is 7.22. The number of hydrogen-bond donors (Lipinski definition) is 4. The highest BCUT2D eigenvalue weighted by molar-refractivity contribution is 7.92. The van der Waals surface area contributed by atoms with E-state index in [1.165, 1.54) is 36.4 Å². The van der Waals surface area contributed by atoms with Crippen LogP contribution in [0.25, 0.3) is 11.1 Å². The van der Waals surface area contributed by atoms with Gasteiger partial charge in [-0.2, -0.15) is 13.2 Å². The number of benzene rings is 3. The molecule has 36 heavy (non-hydrogen) atoms. The average Bonchev–Trinajstić information content (AvgIpc) is 2.73. The molecule has 0 heterocycles. The number of nitrogens with one attached hydrogen (secondary N) is 3. The van der Waals surface area contributed by atoms with Crippen molar-refractivity contribution in [3.63, 3.8) is 0 Å². The van der Waals surface area contributed by atoms with Crippen molar-refractivity contribution in [3.05, 3.63) is 71.8 Å². The van der Waals surface area contributed by atoms with E-state index in [1.807, 2.05) is 0 Å². The third-order valence-corrected chi connectivity index (χ3v) is 5.84. The molecule has 0 aromatic heterocycles. The molecule has 0 radical (unpaired) electrons. The van der Waals surface area contributed by atoms with Gasteiger partial charge >= 0.3 is 6.18 Å². The summed E-state index contributed by atoms with van der Waals surface area (Å²) in [7, 11) is -7.58. The van der Waals surface area contributed by atoms with Crippen molar-refractivity contribution in [1.29, 1.82) is 0 Å². The summed E-state index contributed by atoms with van der Waals surface area (Å²) in [4.78, 5) is 12.9. The highest BCUT2D eigenvalue weighted by Gasteiger charge is 2.30. The zero-order valence-electron chi connectivity index (χ0n) is 18.7. The Labute approximate surface area is 205 Å². The molecule has 0 saturated carbocycles. The first-order chi connectivity index (χ1) is 16.5. The van der Waals surface area contributed by atoms with E-state index in [1.54, 1.807) is 0 Å². The summed E-state index contributed by atoms with van der Waals surface area (Å²) in [6.45, 7) is 0. The minimum absolute atomic E-state index is 0.0843. The lowest BCUT2D eigenvalue weighted by atomic mass is 10.0. The third-order valence-electron chi connectivity index (χ3n) is 4.65. The molecule has 14 heteroatoms. The molecule has 4 N–H and O–H groups in total. The fourth-order valence-corrected chi connectivity index (χ4v) is 4.28. The number of carbonyl (C=O) groups is 1. The van der Waals surface area contributed by atoms with Gasteiger partial charge in [-0.05, 0) is 53.6 Å². The topological polar surface area (TPSA) is 142 Å². The van der Waals surface area contributed by atoms with Gasteiger partial charge in [-0.15, -0.1) is 0 Å². The lowest BCUT2D eigenvalue weighted by Gasteiger charge is -2.15. The molecule has 0 aliphatic heterocycles. The summed E-state index contributed by atoms with van der Waals surface area (Å²) in [6, 6.07) is 11.8. The standard InChI is InChI=1S/C22H20F3N3O6S2/c1-35(31,32)27-18-11-14(13-3-6-15(7-4-13)22(23,24)25)5-9-17(18)21(30)26-16-8-10-20(29)19(12-16)28-36(2,33)34/h3-12,27-29H,1-2H3,(H,26,30). The van der Waals surface area contributed by atoms with Crippen molar-refractivity contribution in [2.24, 2.45) is 0 Å². The summed E-state index contributed by atoms with van der Waals surface area (Å²) < 4.78 is 89.6. The van der Waals surface area contributed by atoms with E-state index in [9.17, 15) is 39.9 Å². The molecule has 9 nitrogen and oxygen atoms in total. The Bertz CT molecular complexity index is 1520. The van der Waals surface area contributed by atoms with E-state index in [4.69, 9.17) is 0 Å².